The minimum atomic E-state index is -0.451. The van der Waals surface area contributed by atoms with E-state index in [-0.39, 0.29) is 23.1 Å². The van der Waals surface area contributed by atoms with Gasteiger partial charge in [0, 0.05) is 5.56 Å². The molecule has 3 aromatic carbocycles. The second-order valence-electron chi connectivity index (χ2n) is 7.49. The molecule has 0 radical (unpaired) electrons. The van der Waals surface area contributed by atoms with Crippen LogP contribution in [0.2, 0.25) is 5.02 Å². The Bertz CT molecular complexity index is 1370. The van der Waals surface area contributed by atoms with Gasteiger partial charge in [-0.05, 0) is 59.3 Å². The Balaban J connectivity index is 1.54. The maximum atomic E-state index is 13.1. The van der Waals surface area contributed by atoms with E-state index in [0.717, 1.165) is 16.7 Å². The van der Waals surface area contributed by atoms with Crippen LogP contribution >= 0.6 is 23.4 Å². The van der Waals surface area contributed by atoms with E-state index in [9.17, 15) is 19.2 Å². The summed E-state index contributed by atoms with van der Waals surface area (Å²) in [5, 5.41) is 9.09. The predicted molar refractivity (Wildman–Crippen MR) is 131 cm³/mol. The summed E-state index contributed by atoms with van der Waals surface area (Å²) in [7, 11) is 1.46. The molecular weight excluding hydrogens is 491 g/mol. The number of imide groups is 1. The molecule has 0 spiro atoms. The Kier molecular flexibility index (Phi) is 7.39. The third kappa shape index (κ3) is 5.48. The monoisotopic (exact) mass is 508 g/mol. The van der Waals surface area contributed by atoms with Crippen molar-refractivity contribution in [3.8, 4) is 17.6 Å². The minimum Gasteiger partial charge on any atom is -0.493 e. The first-order valence-corrected chi connectivity index (χ1v) is 11.6. The summed E-state index contributed by atoms with van der Waals surface area (Å²) in [6.07, 6.45) is 1.55. The topological polar surface area (TPSA) is 79.6 Å². The fourth-order valence-corrected chi connectivity index (χ4v) is 4.54. The van der Waals surface area contributed by atoms with E-state index in [4.69, 9.17) is 21.1 Å². The summed E-state index contributed by atoms with van der Waals surface area (Å²) in [5.41, 5.74) is 2.38. The maximum absolute atomic E-state index is 13.1. The van der Waals surface area contributed by atoms with Crippen molar-refractivity contribution in [2.45, 2.75) is 13.2 Å². The van der Waals surface area contributed by atoms with Gasteiger partial charge in [0.2, 0.25) is 0 Å². The molecule has 4 rings (SSSR count). The molecule has 1 fully saturated rings. The summed E-state index contributed by atoms with van der Waals surface area (Å²) in [4.78, 5) is 26.6. The number of carbonyl (C=O) groups excluding carboxylic acids is 2. The summed E-state index contributed by atoms with van der Waals surface area (Å²) in [6, 6.07) is 18.0. The van der Waals surface area contributed by atoms with E-state index in [1.165, 1.54) is 31.4 Å². The van der Waals surface area contributed by atoms with Gasteiger partial charge in [-0.15, -0.1) is 0 Å². The first-order valence-electron chi connectivity index (χ1n) is 10.4. The minimum absolute atomic E-state index is 0.0450. The fourth-order valence-electron chi connectivity index (χ4n) is 3.43. The van der Waals surface area contributed by atoms with Crippen molar-refractivity contribution in [1.82, 2.24) is 4.90 Å². The van der Waals surface area contributed by atoms with Crippen molar-refractivity contribution >= 4 is 40.6 Å². The fraction of sp³-hybridized carbons (Fsp3) is 0.115. The molecular formula is C26H18ClFN2O4S. The zero-order valence-electron chi connectivity index (χ0n) is 18.5. The highest BCUT2D eigenvalue weighted by Crippen LogP contribution is 2.39. The Labute approximate surface area is 210 Å². The van der Waals surface area contributed by atoms with Crippen LogP contribution in [-0.2, 0) is 17.9 Å². The third-order valence-electron chi connectivity index (χ3n) is 5.19. The summed E-state index contributed by atoms with van der Waals surface area (Å²) >= 11 is 7.27. The van der Waals surface area contributed by atoms with Crippen LogP contribution in [0.4, 0.5) is 9.18 Å². The zero-order valence-corrected chi connectivity index (χ0v) is 20.0. The average Bonchev–Trinajstić information content (AvgIpc) is 3.11. The molecule has 3 aromatic rings. The number of benzene rings is 3. The molecule has 0 bridgehead atoms. The first kappa shape index (κ1) is 24.3. The van der Waals surface area contributed by atoms with Crippen molar-refractivity contribution in [3.63, 3.8) is 0 Å². The Morgan fingerprint density at radius 2 is 1.89 bits per heavy atom. The molecule has 1 saturated heterocycles. The lowest BCUT2D eigenvalue weighted by atomic mass is 10.1. The number of carbonyl (C=O) groups is 2. The van der Waals surface area contributed by atoms with Crippen LogP contribution in [0.5, 0.6) is 11.5 Å². The number of amides is 2. The second-order valence-corrected chi connectivity index (χ2v) is 8.89. The maximum Gasteiger partial charge on any atom is 0.293 e. The number of ether oxygens (including phenoxy) is 2. The standard InChI is InChI=1S/C26H18ClFN2O4S/c1-33-22-11-17(10-21(27)24(22)34-15-19-5-3-2-4-18(19)13-29)12-23-25(31)30(26(32)35-23)14-16-6-8-20(28)9-7-16/h2-12H,14-15H2,1H3/b23-12-. The number of rotatable bonds is 7. The van der Waals surface area contributed by atoms with E-state index in [1.54, 1.807) is 36.4 Å². The van der Waals surface area contributed by atoms with Crippen LogP contribution in [0.25, 0.3) is 6.08 Å². The van der Waals surface area contributed by atoms with Crippen molar-refractivity contribution < 1.29 is 23.5 Å². The van der Waals surface area contributed by atoms with E-state index in [0.29, 0.717) is 33.8 Å². The third-order valence-corrected chi connectivity index (χ3v) is 6.38. The second kappa shape index (κ2) is 10.6. The van der Waals surface area contributed by atoms with Gasteiger partial charge < -0.3 is 9.47 Å². The summed E-state index contributed by atoms with van der Waals surface area (Å²) in [5.74, 6) is -0.213. The van der Waals surface area contributed by atoms with Crippen LogP contribution in [0.1, 0.15) is 22.3 Å². The number of hydrogen-bond donors (Lipinski definition) is 0. The highest BCUT2D eigenvalue weighted by molar-refractivity contribution is 8.18. The Hall–Kier alpha value is -3.80. The molecule has 1 heterocycles. The lowest BCUT2D eigenvalue weighted by Crippen LogP contribution is -2.27. The molecule has 0 saturated carbocycles. The zero-order chi connectivity index (χ0) is 24.9. The SMILES string of the molecule is COc1cc(/C=C2\SC(=O)N(Cc3ccc(F)cc3)C2=O)cc(Cl)c1OCc1ccccc1C#N. The van der Waals surface area contributed by atoms with Gasteiger partial charge in [0.05, 0.1) is 35.2 Å². The molecule has 0 aliphatic carbocycles. The molecule has 2 amide bonds. The normalized spacial score (nSPS) is 14.3. The molecule has 1 aliphatic rings. The molecule has 1 aliphatic heterocycles. The van der Waals surface area contributed by atoms with E-state index in [2.05, 4.69) is 6.07 Å². The average molecular weight is 509 g/mol. The largest absolute Gasteiger partial charge is 0.493 e. The van der Waals surface area contributed by atoms with Gasteiger partial charge in [-0.3, -0.25) is 14.5 Å². The Morgan fingerprint density at radius 1 is 1.14 bits per heavy atom. The molecule has 0 N–H and O–H groups in total. The van der Waals surface area contributed by atoms with Gasteiger partial charge in [0.25, 0.3) is 11.1 Å². The number of halogens is 2. The van der Waals surface area contributed by atoms with Gasteiger partial charge in [0.1, 0.15) is 12.4 Å². The van der Waals surface area contributed by atoms with Gasteiger partial charge >= 0.3 is 0 Å². The first-order chi connectivity index (χ1) is 16.9. The van der Waals surface area contributed by atoms with Crippen LogP contribution in [-0.4, -0.2) is 23.2 Å². The van der Waals surface area contributed by atoms with E-state index >= 15 is 0 Å². The molecule has 35 heavy (non-hydrogen) atoms. The number of nitrogens with zero attached hydrogens (tertiary/aromatic N) is 2. The van der Waals surface area contributed by atoms with Crippen LogP contribution < -0.4 is 9.47 Å². The molecule has 6 nitrogen and oxygen atoms in total. The Morgan fingerprint density at radius 3 is 2.60 bits per heavy atom. The van der Waals surface area contributed by atoms with Crippen LogP contribution in [0.3, 0.4) is 0 Å². The van der Waals surface area contributed by atoms with Crippen molar-refractivity contribution in [2.75, 3.05) is 7.11 Å². The molecule has 0 atom stereocenters. The molecule has 176 valence electrons. The lowest BCUT2D eigenvalue weighted by molar-refractivity contribution is -0.123. The highest BCUT2D eigenvalue weighted by Gasteiger charge is 2.35. The number of hydrogen-bond acceptors (Lipinski definition) is 6. The number of methoxy groups -OCH3 is 1. The molecule has 0 aromatic heterocycles. The van der Waals surface area contributed by atoms with Crippen LogP contribution in [0, 0.1) is 17.1 Å². The van der Waals surface area contributed by atoms with E-state index in [1.807, 2.05) is 6.07 Å². The van der Waals surface area contributed by atoms with Crippen molar-refractivity contribution in [2.24, 2.45) is 0 Å². The van der Waals surface area contributed by atoms with Gasteiger partial charge in [-0.1, -0.05) is 41.9 Å². The van der Waals surface area contributed by atoms with Gasteiger partial charge in [0.15, 0.2) is 11.5 Å². The smallest absolute Gasteiger partial charge is 0.293 e. The lowest BCUT2D eigenvalue weighted by Gasteiger charge is -2.14. The number of thioether (sulfide) groups is 1. The van der Waals surface area contributed by atoms with Gasteiger partial charge in [-0.25, -0.2) is 4.39 Å². The predicted octanol–water partition coefficient (Wildman–Crippen LogP) is 6.17. The summed E-state index contributed by atoms with van der Waals surface area (Å²) < 4.78 is 24.4. The quantitative estimate of drug-likeness (QED) is 0.355. The van der Waals surface area contributed by atoms with Crippen molar-refractivity contribution in [1.29, 1.82) is 5.26 Å². The van der Waals surface area contributed by atoms with Gasteiger partial charge in [-0.2, -0.15) is 5.26 Å². The van der Waals surface area contributed by atoms with Crippen molar-refractivity contribution in [3.05, 3.63) is 98.7 Å². The van der Waals surface area contributed by atoms with Crippen LogP contribution in [0.15, 0.2) is 65.6 Å². The molecule has 0 unspecified atom stereocenters. The van der Waals surface area contributed by atoms with E-state index < -0.39 is 17.0 Å². The highest BCUT2D eigenvalue weighted by atomic mass is 35.5. The number of nitriles is 1. The summed E-state index contributed by atoms with van der Waals surface area (Å²) in [6.45, 7) is 0.157. The molecule has 9 heteroatoms.